The zero-order valence-corrected chi connectivity index (χ0v) is 15.5. The number of piperidine rings is 1. The van der Waals surface area contributed by atoms with Gasteiger partial charge in [0.2, 0.25) is 0 Å². The van der Waals surface area contributed by atoms with Crippen molar-refractivity contribution in [3.05, 3.63) is 17.3 Å². The molecule has 0 radical (unpaired) electrons. The molecule has 1 atom stereocenters. The van der Waals surface area contributed by atoms with Crippen LogP contribution in [0.4, 0.5) is 5.82 Å². The van der Waals surface area contributed by atoms with Crippen LogP contribution in [-0.2, 0) is 4.74 Å². The number of hydrogen-bond acceptors (Lipinski definition) is 7. The average molecular weight is 362 g/mol. The maximum Gasteiger partial charge on any atom is 0.141 e. The number of aliphatic hydroxyl groups excluding tert-OH is 1. The number of hydrogen-bond donors (Lipinski definition) is 1. The van der Waals surface area contributed by atoms with Crippen molar-refractivity contribution in [3.63, 3.8) is 0 Å². The maximum absolute atomic E-state index is 9.50. The molecule has 0 aliphatic carbocycles. The van der Waals surface area contributed by atoms with Crippen LogP contribution in [0.15, 0.2) is 11.4 Å². The zero-order valence-electron chi connectivity index (χ0n) is 14.7. The summed E-state index contributed by atoms with van der Waals surface area (Å²) >= 11 is 1.68. The van der Waals surface area contributed by atoms with Crippen LogP contribution < -0.4 is 4.90 Å². The molecule has 0 spiro atoms. The fraction of sp³-hybridized carbons (Fsp3) is 0.667. The Labute approximate surface area is 152 Å². The lowest BCUT2D eigenvalue weighted by atomic mass is 10.0. The van der Waals surface area contributed by atoms with Gasteiger partial charge in [-0.15, -0.1) is 11.3 Å². The third-order valence-electron chi connectivity index (χ3n) is 5.32. The lowest BCUT2D eigenvalue weighted by Crippen LogP contribution is -2.47. The summed E-state index contributed by atoms with van der Waals surface area (Å²) < 4.78 is 5.63. The maximum atomic E-state index is 9.50. The fourth-order valence-corrected chi connectivity index (χ4v) is 4.78. The van der Waals surface area contributed by atoms with Gasteiger partial charge in [-0.25, -0.2) is 9.97 Å². The highest BCUT2D eigenvalue weighted by atomic mass is 32.1. The van der Waals surface area contributed by atoms with Crippen molar-refractivity contribution in [2.45, 2.75) is 25.8 Å². The molecule has 4 rings (SSSR count). The number of thiophene rings is 1. The molecule has 0 saturated carbocycles. The molecule has 4 heterocycles. The number of aliphatic hydroxyl groups is 1. The van der Waals surface area contributed by atoms with Crippen LogP contribution in [0.25, 0.3) is 10.2 Å². The van der Waals surface area contributed by atoms with Gasteiger partial charge in [-0.2, -0.15) is 0 Å². The van der Waals surface area contributed by atoms with E-state index < -0.39 is 0 Å². The van der Waals surface area contributed by atoms with E-state index in [0.717, 1.165) is 62.1 Å². The monoisotopic (exact) mass is 362 g/mol. The quantitative estimate of drug-likeness (QED) is 0.900. The summed E-state index contributed by atoms with van der Waals surface area (Å²) in [4.78, 5) is 15.3. The second kappa shape index (κ2) is 7.53. The van der Waals surface area contributed by atoms with Gasteiger partial charge in [0.1, 0.15) is 16.5 Å². The molecule has 2 aliphatic rings. The number of nitrogens with zero attached hydrogens (tertiary/aromatic N) is 4. The molecular weight excluding hydrogens is 336 g/mol. The Morgan fingerprint density at radius 1 is 1.28 bits per heavy atom. The third kappa shape index (κ3) is 3.65. The molecule has 25 heavy (non-hydrogen) atoms. The van der Waals surface area contributed by atoms with E-state index in [4.69, 9.17) is 9.72 Å². The summed E-state index contributed by atoms with van der Waals surface area (Å²) in [5.74, 6) is 2.19. The zero-order chi connectivity index (χ0) is 17.2. The van der Waals surface area contributed by atoms with E-state index in [0.29, 0.717) is 12.6 Å². The molecule has 6 nitrogen and oxygen atoms in total. The number of rotatable bonds is 3. The Morgan fingerprint density at radius 3 is 2.92 bits per heavy atom. The highest BCUT2D eigenvalue weighted by Gasteiger charge is 2.29. The van der Waals surface area contributed by atoms with E-state index in [1.165, 1.54) is 5.39 Å². The van der Waals surface area contributed by atoms with Crippen molar-refractivity contribution in [2.75, 3.05) is 50.9 Å². The number of fused-ring (bicyclic) bond motifs is 1. The summed E-state index contributed by atoms with van der Waals surface area (Å²) in [6, 6.07) is 2.71. The molecule has 0 aromatic carbocycles. The molecule has 136 valence electrons. The van der Waals surface area contributed by atoms with Crippen molar-refractivity contribution in [3.8, 4) is 0 Å². The number of ether oxygens (including phenoxy) is 1. The van der Waals surface area contributed by atoms with Crippen LogP contribution in [-0.4, -0.2) is 72.0 Å². The van der Waals surface area contributed by atoms with Gasteiger partial charge in [-0.05, 0) is 31.2 Å². The minimum Gasteiger partial charge on any atom is -0.396 e. The third-order valence-corrected chi connectivity index (χ3v) is 6.13. The molecule has 2 saturated heterocycles. The smallest absolute Gasteiger partial charge is 0.141 e. The van der Waals surface area contributed by atoms with Gasteiger partial charge in [-0.1, -0.05) is 0 Å². The van der Waals surface area contributed by atoms with Crippen LogP contribution in [0.1, 0.15) is 18.7 Å². The van der Waals surface area contributed by atoms with E-state index >= 15 is 0 Å². The van der Waals surface area contributed by atoms with Crippen molar-refractivity contribution in [1.82, 2.24) is 14.9 Å². The van der Waals surface area contributed by atoms with E-state index in [-0.39, 0.29) is 12.5 Å². The van der Waals surface area contributed by atoms with Gasteiger partial charge in [0.15, 0.2) is 0 Å². The Kier molecular flexibility index (Phi) is 5.17. The van der Waals surface area contributed by atoms with Crippen molar-refractivity contribution in [2.24, 2.45) is 5.92 Å². The fourth-order valence-electron chi connectivity index (χ4n) is 3.98. The van der Waals surface area contributed by atoms with Gasteiger partial charge in [0.05, 0.1) is 18.6 Å². The van der Waals surface area contributed by atoms with Crippen molar-refractivity contribution in [1.29, 1.82) is 0 Å². The van der Waals surface area contributed by atoms with Crippen LogP contribution in [0.3, 0.4) is 0 Å². The van der Waals surface area contributed by atoms with Gasteiger partial charge < -0.3 is 14.7 Å². The van der Waals surface area contributed by atoms with E-state index in [1.807, 2.05) is 6.92 Å². The summed E-state index contributed by atoms with van der Waals surface area (Å²) in [5, 5.41) is 12.8. The second-order valence-corrected chi connectivity index (χ2v) is 7.97. The Balaban J connectivity index is 1.45. The molecule has 2 aromatic heterocycles. The first-order valence-electron chi connectivity index (χ1n) is 9.14. The van der Waals surface area contributed by atoms with Gasteiger partial charge in [-0.3, -0.25) is 4.90 Å². The molecule has 7 heteroatoms. The number of aryl methyl sites for hydroxylation is 1. The second-order valence-electron chi connectivity index (χ2n) is 7.07. The minimum atomic E-state index is 0.214. The van der Waals surface area contributed by atoms with Gasteiger partial charge in [0, 0.05) is 44.7 Å². The first-order valence-corrected chi connectivity index (χ1v) is 10.0. The lowest BCUT2D eigenvalue weighted by Gasteiger charge is -2.39. The molecule has 2 fully saturated rings. The largest absolute Gasteiger partial charge is 0.396 e. The summed E-state index contributed by atoms with van der Waals surface area (Å²) in [6.07, 6.45) is 2.26. The summed E-state index contributed by atoms with van der Waals surface area (Å²) in [6.45, 7) is 7.61. The Morgan fingerprint density at radius 2 is 2.12 bits per heavy atom. The average Bonchev–Trinajstić information content (AvgIpc) is 2.97. The standard InChI is InChI=1S/C18H26N4O2S/c1-13-19-17(16-4-9-25-18(16)20-13)21-5-2-15(3-6-21)22-7-8-24-12-14(10-22)11-23/h4,9,14-15,23H,2-3,5-8,10-12H2,1H3. The number of aromatic nitrogens is 2. The van der Waals surface area contributed by atoms with Crippen LogP contribution >= 0.6 is 11.3 Å². The first-order chi connectivity index (χ1) is 12.2. The number of anilines is 1. The Hall–Kier alpha value is -1.28. The highest BCUT2D eigenvalue weighted by Crippen LogP contribution is 2.30. The molecule has 0 amide bonds. The van der Waals surface area contributed by atoms with Crippen LogP contribution in [0.5, 0.6) is 0 Å². The van der Waals surface area contributed by atoms with Crippen LogP contribution in [0, 0.1) is 12.8 Å². The first kappa shape index (κ1) is 17.1. The minimum absolute atomic E-state index is 0.214. The SMILES string of the molecule is Cc1nc(N2CCC(N3CCOCC(CO)C3)CC2)c2ccsc2n1. The van der Waals surface area contributed by atoms with Gasteiger partial charge >= 0.3 is 0 Å². The summed E-state index contributed by atoms with van der Waals surface area (Å²) in [7, 11) is 0. The van der Waals surface area contributed by atoms with E-state index in [1.54, 1.807) is 11.3 Å². The summed E-state index contributed by atoms with van der Waals surface area (Å²) in [5.41, 5.74) is 0. The molecular formula is C18H26N4O2S. The van der Waals surface area contributed by atoms with Crippen molar-refractivity contribution >= 4 is 27.4 Å². The molecule has 1 N–H and O–H groups in total. The van der Waals surface area contributed by atoms with Gasteiger partial charge in [0.25, 0.3) is 0 Å². The van der Waals surface area contributed by atoms with Crippen LogP contribution in [0.2, 0.25) is 0 Å². The molecule has 2 aromatic rings. The lowest BCUT2D eigenvalue weighted by molar-refractivity contribution is 0.0955. The van der Waals surface area contributed by atoms with Crippen molar-refractivity contribution < 1.29 is 9.84 Å². The molecule has 2 aliphatic heterocycles. The van der Waals surface area contributed by atoms with E-state index in [2.05, 4.69) is 26.2 Å². The topological polar surface area (TPSA) is 61.7 Å². The van der Waals surface area contributed by atoms with E-state index in [9.17, 15) is 5.11 Å². The highest BCUT2D eigenvalue weighted by molar-refractivity contribution is 7.16. The Bertz CT molecular complexity index is 714. The molecule has 1 unspecified atom stereocenters. The predicted molar refractivity (Wildman–Crippen MR) is 100 cm³/mol. The molecule has 0 bridgehead atoms. The predicted octanol–water partition coefficient (Wildman–Crippen LogP) is 1.91. The normalized spacial score (nSPS) is 23.9.